The molecule has 0 unspecified atom stereocenters. The molecule has 0 aliphatic carbocycles. The Morgan fingerprint density at radius 1 is 0.340 bits per heavy atom. The van der Waals surface area contributed by atoms with Crippen LogP contribution < -0.4 is 9.80 Å². The first-order chi connectivity index (χ1) is 24.4. The fraction of sp³-hybridized carbons (Fsp3) is 0.400. The second kappa shape index (κ2) is 14.3. The average molecular weight is 728 g/mol. The lowest BCUT2D eigenvalue weighted by Gasteiger charge is -2.35. The molecule has 53 heavy (non-hydrogen) atoms. The summed E-state index contributed by atoms with van der Waals surface area (Å²) in [5.74, 6) is 0. The molecule has 0 fully saturated rings. The van der Waals surface area contributed by atoms with Gasteiger partial charge in [-0.25, -0.2) is 0 Å². The fourth-order valence-electron chi connectivity index (χ4n) is 6.99. The molecule has 3 heteroatoms. The molecule has 0 amide bonds. The SMILES string of the molecule is CC(C)(C)c1ccc(N(c2ccc(C(C)(C)C)cc2)c2cccc(N(c3cccc(C(C)(C)C)c3)c3ccc(C(C)(C)C)c(C(C)(C)C)c3)c2Cl)cc1. The van der Waals surface area contributed by atoms with Gasteiger partial charge in [-0.05, 0) is 116 Å². The van der Waals surface area contributed by atoms with Crippen molar-refractivity contribution in [1.82, 2.24) is 0 Å². The minimum Gasteiger partial charge on any atom is -0.309 e. The molecule has 5 aromatic rings. The highest BCUT2D eigenvalue weighted by molar-refractivity contribution is 6.36. The van der Waals surface area contributed by atoms with Crippen molar-refractivity contribution in [2.75, 3.05) is 9.80 Å². The first kappa shape index (κ1) is 40.2. The summed E-state index contributed by atoms with van der Waals surface area (Å²) in [7, 11) is 0. The van der Waals surface area contributed by atoms with E-state index in [4.69, 9.17) is 11.6 Å². The van der Waals surface area contributed by atoms with E-state index in [0.29, 0.717) is 5.02 Å². The number of rotatable bonds is 6. The van der Waals surface area contributed by atoms with Crippen LogP contribution >= 0.6 is 11.6 Å². The molecule has 0 radical (unpaired) electrons. The molecule has 2 nitrogen and oxygen atoms in total. The Kier molecular flexibility index (Phi) is 10.9. The van der Waals surface area contributed by atoms with E-state index in [2.05, 4.69) is 223 Å². The molecule has 0 aliphatic heterocycles. The molecule has 0 aliphatic rings. The lowest BCUT2D eigenvalue weighted by Crippen LogP contribution is -2.23. The van der Waals surface area contributed by atoms with Crippen molar-refractivity contribution >= 4 is 45.7 Å². The first-order valence-corrected chi connectivity index (χ1v) is 19.6. The monoisotopic (exact) mass is 726 g/mol. The van der Waals surface area contributed by atoms with Gasteiger partial charge in [-0.2, -0.15) is 0 Å². The standard InChI is InChI=1S/C50H63ClN2/c1-46(2,3)34-22-26-37(27-23-34)52(38-28-24-35(25-29-38)47(4,5)6)43-20-17-21-44(45(43)51)53(39-19-16-18-36(32-39)48(7,8)9)40-30-31-41(49(10,11)12)42(33-40)50(13,14)15/h16-33H,1-15H3. The Morgan fingerprint density at radius 3 is 1.13 bits per heavy atom. The smallest absolute Gasteiger partial charge is 0.0887 e. The predicted molar refractivity (Wildman–Crippen MR) is 234 cm³/mol. The fourth-order valence-corrected chi connectivity index (χ4v) is 7.28. The van der Waals surface area contributed by atoms with Crippen molar-refractivity contribution in [2.24, 2.45) is 0 Å². The zero-order valence-corrected chi connectivity index (χ0v) is 35.9. The topological polar surface area (TPSA) is 6.48 Å². The van der Waals surface area contributed by atoms with E-state index in [-0.39, 0.29) is 27.1 Å². The predicted octanol–water partition coefficient (Wildman–Crippen LogP) is 15.8. The van der Waals surface area contributed by atoms with Gasteiger partial charge in [-0.15, -0.1) is 0 Å². The molecule has 0 bridgehead atoms. The highest BCUT2D eigenvalue weighted by Crippen LogP contribution is 2.48. The zero-order chi connectivity index (χ0) is 39.3. The summed E-state index contributed by atoms with van der Waals surface area (Å²) in [6.07, 6.45) is 0. The van der Waals surface area contributed by atoms with Gasteiger partial charge in [-0.3, -0.25) is 0 Å². The highest BCUT2D eigenvalue weighted by Gasteiger charge is 2.29. The molecule has 0 heterocycles. The summed E-state index contributed by atoms with van der Waals surface area (Å²) >= 11 is 7.79. The van der Waals surface area contributed by atoms with Crippen LogP contribution in [0.25, 0.3) is 0 Å². The van der Waals surface area contributed by atoms with Crippen LogP contribution in [0.1, 0.15) is 132 Å². The minimum absolute atomic E-state index is 0.00125. The van der Waals surface area contributed by atoms with Crippen molar-refractivity contribution in [2.45, 2.75) is 131 Å². The van der Waals surface area contributed by atoms with Gasteiger partial charge >= 0.3 is 0 Å². The zero-order valence-electron chi connectivity index (χ0n) is 35.2. The minimum atomic E-state index is -0.0571. The molecular weight excluding hydrogens is 664 g/mol. The highest BCUT2D eigenvalue weighted by atomic mass is 35.5. The summed E-state index contributed by atoms with van der Waals surface area (Å²) < 4.78 is 0. The van der Waals surface area contributed by atoms with Gasteiger partial charge in [-0.1, -0.05) is 164 Å². The maximum atomic E-state index is 7.79. The van der Waals surface area contributed by atoms with E-state index in [1.807, 2.05) is 0 Å². The number of anilines is 6. The van der Waals surface area contributed by atoms with Crippen LogP contribution in [0.4, 0.5) is 34.1 Å². The Hall–Kier alpha value is -4.01. The molecule has 0 spiro atoms. The summed E-state index contributed by atoms with van der Waals surface area (Å²) in [5.41, 5.74) is 12.7. The molecular formula is C50H63ClN2. The van der Waals surface area contributed by atoms with Gasteiger partial charge in [0, 0.05) is 22.7 Å². The van der Waals surface area contributed by atoms with Crippen molar-refractivity contribution in [1.29, 1.82) is 0 Å². The maximum absolute atomic E-state index is 7.79. The molecule has 280 valence electrons. The molecule has 0 saturated heterocycles. The Morgan fingerprint density at radius 2 is 0.717 bits per heavy atom. The van der Waals surface area contributed by atoms with Gasteiger partial charge in [0.15, 0.2) is 0 Å². The molecule has 0 atom stereocenters. The van der Waals surface area contributed by atoms with E-state index >= 15 is 0 Å². The van der Waals surface area contributed by atoms with Crippen LogP contribution in [0, 0.1) is 0 Å². The summed E-state index contributed by atoms with van der Waals surface area (Å²) in [6.45, 7) is 34.2. The lowest BCUT2D eigenvalue weighted by molar-refractivity contribution is 0.530. The van der Waals surface area contributed by atoms with E-state index in [1.54, 1.807) is 0 Å². The largest absolute Gasteiger partial charge is 0.309 e. The Balaban J connectivity index is 1.79. The number of nitrogens with zero attached hydrogens (tertiary/aromatic N) is 2. The molecule has 5 aromatic carbocycles. The molecule has 5 rings (SSSR count). The molecule has 0 N–H and O–H groups in total. The van der Waals surface area contributed by atoms with Crippen LogP contribution in [0.3, 0.4) is 0 Å². The van der Waals surface area contributed by atoms with Gasteiger partial charge < -0.3 is 9.80 Å². The number of hydrogen-bond donors (Lipinski definition) is 0. The lowest BCUT2D eigenvalue weighted by atomic mass is 9.75. The van der Waals surface area contributed by atoms with Crippen LogP contribution in [0.5, 0.6) is 0 Å². The van der Waals surface area contributed by atoms with Crippen LogP contribution in [-0.4, -0.2) is 0 Å². The molecule has 0 aromatic heterocycles. The van der Waals surface area contributed by atoms with E-state index in [0.717, 1.165) is 34.1 Å². The van der Waals surface area contributed by atoms with Gasteiger partial charge in [0.25, 0.3) is 0 Å². The van der Waals surface area contributed by atoms with Crippen molar-refractivity contribution in [3.63, 3.8) is 0 Å². The summed E-state index contributed by atoms with van der Waals surface area (Å²) in [6, 6.07) is 40.3. The van der Waals surface area contributed by atoms with E-state index in [9.17, 15) is 0 Å². The normalized spacial score (nSPS) is 12.9. The average Bonchev–Trinajstić information content (AvgIpc) is 3.05. The van der Waals surface area contributed by atoms with Gasteiger partial charge in [0.05, 0.1) is 16.4 Å². The third-order valence-corrected chi connectivity index (χ3v) is 10.7. The third kappa shape index (κ3) is 8.87. The molecule has 0 saturated carbocycles. The van der Waals surface area contributed by atoms with Gasteiger partial charge in [0.1, 0.15) is 0 Å². The van der Waals surface area contributed by atoms with Crippen molar-refractivity contribution in [3.8, 4) is 0 Å². The third-order valence-electron chi connectivity index (χ3n) is 10.3. The number of benzene rings is 5. The summed E-state index contributed by atoms with van der Waals surface area (Å²) in [4.78, 5) is 4.66. The number of hydrogen-bond acceptors (Lipinski definition) is 2. The first-order valence-electron chi connectivity index (χ1n) is 19.2. The van der Waals surface area contributed by atoms with Crippen molar-refractivity contribution in [3.05, 3.63) is 142 Å². The van der Waals surface area contributed by atoms with Gasteiger partial charge in [0.2, 0.25) is 0 Å². The van der Waals surface area contributed by atoms with E-state index in [1.165, 1.54) is 27.8 Å². The van der Waals surface area contributed by atoms with Crippen LogP contribution in [0.15, 0.2) is 109 Å². The second-order valence-electron chi connectivity index (χ2n) is 19.9. The van der Waals surface area contributed by atoms with Crippen LogP contribution in [-0.2, 0) is 27.1 Å². The Labute approximate surface area is 327 Å². The van der Waals surface area contributed by atoms with E-state index < -0.39 is 0 Å². The second-order valence-corrected chi connectivity index (χ2v) is 20.3. The number of halogens is 1. The van der Waals surface area contributed by atoms with Crippen LogP contribution in [0.2, 0.25) is 5.02 Å². The maximum Gasteiger partial charge on any atom is 0.0887 e. The quantitative estimate of drug-likeness (QED) is 0.172. The Bertz CT molecular complexity index is 1980. The van der Waals surface area contributed by atoms with Crippen molar-refractivity contribution < 1.29 is 0 Å². The summed E-state index contributed by atoms with van der Waals surface area (Å²) in [5, 5.41) is 0.686.